The Bertz CT molecular complexity index is 539. The van der Waals surface area contributed by atoms with E-state index in [4.69, 9.17) is 11.6 Å². The lowest BCUT2D eigenvalue weighted by Crippen LogP contribution is -2.46. The minimum atomic E-state index is -0.754. The van der Waals surface area contributed by atoms with Crippen molar-refractivity contribution in [1.82, 2.24) is 9.88 Å². The Labute approximate surface area is 128 Å². The van der Waals surface area contributed by atoms with Gasteiger partial charge in [0.2, 0.25) is 0 Å². The topological polar surface area (TPSA) is 70.5 Å². The van der Waals surface area contributed by atoms with E-state index in [1.165, 1.54) is 6.20 Å². The van der Waals surface area contributed by atoms with Crippen molar-refractivity contribution in [1.29, 1.82) is 0 Å². The molecule has 5 nitrogen and oxygen atoms in total. The maximum atomic E-state index is 12.4. The molecule has 6 heteroatoms. The Morgan fingerprint density at radius 1 is 1.43 bits per heavy atom. The van der Waals surface area contributed by atoms with Gasteiger partial charge < -0.3 is 10.0 Å². The van der Waals surface area contributed by atoms with E-state index < -0.39 is 11.4 Å². The molecule has 1 saturated heterocycles. The summed E-state index contributed by atoms with van der Waals surface area (Å²) in [5.41, 5.74) is -0.318. The third-order valence-electron chi connectivity index (χ3n) is 4.18. The number of likely N-dealkylation sites (tertiary alicyclic amines) is 1. The van der Waals surface area contributed by atoms with E-state index in [1.807, 2.05) is 6.92 Å². The van der Waals surface area contributed by atoms with Gasteiger partial charge in [-0.2, -0.15) is 0 Å². The number of amides is 1. The summed E-state index contributed by atoms with van der Waals surface area (Å²) in [6, 6.07) is 3.31. The van der Waals surface area contributed by atoms with Gasteiger partial charge in [-0.15, -0.1) is 0 Å². The number of nitrogens with zero attached hydrogens (tertiary/aromatic N) is 2. The first-order chi connectivity index (χ1) is 10.00. The Balaban J connectivity index is 2.09. The van der Waals surface area contributed by atoms with Crippen LogP contribution in [0.15, 0.2) is 18.3 Å². The van der Waals surface area contributed by atoms with E-state index in [-0.39, 0.29) is 11.1 Å². The van der Waals surface area contributed by atoms with Crippen LogP contribution in [0.4, 0.5) is 0 Å². The summed E-state index contributed by atoms with van der Waals surface area (Å²) >= 11 is 5.94. The van der Waals surface area contributed by atoms with Crippen LogP contribution in [-0.4, -0.2) is 40.0 Å². The molecule has 1 N–H and O–H groups in total. The molecule has 1 aromatic rings. The molecule has 1 fully saturated rings. The summed E-state index contributed by atoms with van der Waals surface area (Å²) in [5, 5.41) is 9.66. The summed E-state index contributed by atoms with van der Waals surface area (Å²) in [5.74, 6) is -0.931. The smallest absolute Gasteiger partial charge is 0.309 e. The molecule has 0 radical (unpaired) electrons. The van der Waals surface area contributed by atoms with Crippen molar-refractivity contribution in [3.63, 3.8) is 0 Å². The van der Waals surface area contributed by atoms with Crippen LogP contribution in [0.3, 0.4) is 0 Å². The molecule has 0 aromatic carbocycles. The number of halogens is 1. The monoisotopic (exact) mass is 310 g/mol. The van der Waals surface area contributed by atoms with Crippen LogP contribution in [0.1, 0.15) is 43.0 Å². The number of aliphatic carboxylic acids is 1. The third kappa shape index (κ3) is 3.18. The lowest BCUT2D eigenvalue weighted by atomic mass is 9.75. The number of carbonyl (C=O) groups is 2. The van der Waals surface area contributed by atoms with Crippen LogP contribution in [0.5, 0.6) is 0 Å². The van der Waals surface area contributed by atoms with E-state index in [1.54, 1.807) is 17.0 Å². The molecule has 2 heterocycles. The van der Waals surface area contributed by atoms with E-state index >= 15 is 0 Å². The van der Waals surface area contributed by atoms with Crippen molar-refractivity contribution >= 4 is 23.5 Å². The van der Waals surface area contributed by atoms with Gasteiger partial charge in [-0.25, -0.2) is 4.98 Å². The van der Waals surface area contributed by atoms with E-state index in [0.717, 1.165) is 6.42 Å². The molecule has 0 unspecified atom stereocenters. The van der Waals surface area contributed by atoms with Crippen molar-refractivity contribution in [2.24, 2.45) is 5.41 Å². The van der Waals surface area contributed by atoms with E-state index in [2.05, 4.69) is 4.98 Å². The summed E-state index contributed by atoms with van der Waals surface area (Å²) in [4.78, 5) is 29.5. The fourth-order valence-corrected chi connectivity index (χ4v) is 3.10. The van der Waals surface area contributed by atoms with Gasteiger partial charge in [0.25, 0.3) is 5.91 Å². The molecule has 0 aliphatic carbocycles. The Hall–Kier alpha value is -1.62. The SMILES string of the molecule is CCCC1(C(=O)O)CCN(C(=O)c2cccnc2Cl)CC1. The number of pyridine rings is 1. The van der Waals surface area contributed by atoms with Crippen LogP contribution in [0, 0.1) is 5.41 Å². The maximum Gasteiger partial charge on any atom is 0.309 e. The highest BCUT2D eigenvalue weighted by molar-refractivity contribution is 6.32. The normalized spacial score (nSPS) is 17.5. The van der Waals surface area contributed by atoms with Crippen LogP contribution in [0.2, 0.25) is 5.15 Å². The molecule has 2 rings (SSSR count). The first-order valence-corrected chi connectivity index (χ1v) is 7.51. The van der Waals surface area contributed by atoms with Crippen molar-refractivity contribution in [2.45, 2.75) is 32.6 Å². The highest BCUT2D eigenvalue weighted by atomic mass is 35.5. The minimum absolute atomic E-state index is 0.177. The molecule has 0 saturated carbocycles. The number of hydrogen-bond donors (Lipinski definition) is 1. The number of carbonyl (C=O) groups excluding carboxylic acids is 1. The molecular formula is C15H19ClN2O3. The lowest BCUT2D eigenvalue weighted by molar-refractivity contribution is -0.152. The van der Waals surface area contributed by atoms with Gasteiger partial charge in [-0.05, 0) is 31.4 Å². The highest BCUT2D eigenvalue weighted by Gasteiger charge is 2.41. The zero-order chi connectivity index (χ0) is 15.5. The summed E-state index contributed by atoms with van der Waals surface area (Å²) < 4.78 is 0. The van der Waals surface area contributed by atoms with Gasteiger partial charge >= 0.3 is 5.97 Å². The van der Waals surface area contributed by atoms with Crippen LogP contribution >= 0.6 is 11.6 Å². The average Bonchev–Trinajstić information content (AvgIpc) is 2.48. The standard InChI is InChI=1S/C15H19ClN2O3/c1-2-5-15(14(20)21)6-9-18(10-7-15)13(19)11-4-3-8-17-12(11)16/h3-4,8H,2,5-7,9-10H2,1H3,(H,20,21). The number of hydrogen-bond acceptors (Lipinski definition) is 3. The van der Waals surface area contributed by atoms with Crippen molar-refractivity contribution in [3.05, 3.63) is 29.0 Å². The predicted octanol–water partition coefficient (Wildman–Crippen LogP) is 2.84. The molecule has 1 aliphatic rings. The number of carboxylic acids is 1. The first kappa shape index (κ1) is 15.8. The second kappa shape index (κ2) is 6.43. The number of rotatable bonds is 4. The number of carboxylic acid groups (broad SMARTS) is 1. The van der Waals surface area contributed by atoms with Gasteiger partial charge in [-0.1, -0.05) is 24.9 Å². The van der Waals surface area contributed by atoms with Crippen LogP contribution in [-0.2, 0) is 4.79 Å². The van der Waals surface area contributed by atoms with Gasteiger partial charge in [0.05, 0.1) is 11.0 Å². The maximum absolute atomic E-state index is 12.4. The van der Waals surface area contributed by atoms with Gasteiger partial charge in [0, 0.05) is 19.3 Å². The summed E-state index contributed by atoms with van der Waals surface area (Å²) in [7, 11) is 0. The molecule has 1 aliphatic heterocycles. The zero-order valence-electron chi connectivity index (χ0n) is 12.0. The van der Waals surface area contributed by atoms with Gasteiger partial charge in [-0.3, -0.25) is 9.59 Å². The Kier molecular flexibility index (Phi) is 4.83. The Morgan fingerprint density at radius 3 is 2.62 bits per heavy atom. The average molecular weight is 311 g/mol. The van der Waals surface area contributed by atoms with Crippen molar-refractivity contribution in [3.8, 4) is 0 Å². The van der Waals surface area contributed by atoms with E-state index in [9.17, 15) is 14.7 Å². The molecule has 0 bridgehead atoms. The summed E-state index contributed by atoms with van der Waals surface area (Å²) in [6.07, 6.45) is 3.98. The lowest BCUT2D eigenvalue weighted by Gasteiger charge is -2.38. The fourth-order valence-electron chi connectivity index (χ4n) is 2.90. The molecule has 0 spiro atoms. The van der Waals surface area contributed by atoms with Crippen molar-refractivity contribution < 1.29 is 14.7 Å². The molecular weight excluding hydrogens is 292 g/mol. The zero-order valence-corrected chi connectivity index (χ0v) is 12.8. The fraction of sp³-hybridized carbons (Fsp3) is 0.533. The predicted molar refractivity (Wildman–Crippen MR) is 79.4 cm³/mol. The molecule has 0 atom stereocenters. The highest BCUT2D eigenvalue weighted by Crippen LogP contribution is 2.37. The minimum Gasteiger partial charge on any atom is -0.481 e. The molecule has 1 amide bonds. The second-order valence-corrected chi connectivity index (χ2v) is 5.83. The molecule has 21 heavy (non-hydrogen) atoms. The second-order valence-electron chi connectivity index (χ2n) is 5.47. The largest absolute Gasteiger partial charge is 0.481 e. The van der Waals surface area contributed by atoms with Gasteiger partial charge in [0.15, 0.2) is 0 Å². The molecule has 114 valence electrons. The van der Waals surface area contributed by atoms with E-state index in [0.29, 0.717) is 37.9 Å². The number of aromatic nitrogens is 1. The first-order valence-electron chi connectivity index (χ1n) is 7.13. The quantitative estimate of drug-likeness (QED) is 0.868. The van der Waals surface area contributed by atoms with Gasteiger partial charge in [0.1, 0.15) is 5.15 Å². The molecule has 1 aromatic heterocycles. The third-order valence-corrected chi connectivity index (χ3v) is 4.48. The van der Waals surface area contributed by atoms with Crippen LogP contribution in [0.25, 0.3) is 0 Å². The Morgan fingerprint density at radius 2 is 2.10 bits per heavy atom. The van der Waals surface area contributed by atoms with Crippen LogP contribution < -0.4 is 0 Å². The van der Waals surface area contributed by atoms with Crippen molar-refractivity contribution in [2.75, 3.05) is 13.1 Å². The summed E-state index contributed by atoms with van der Waals surface area (Å²) in [6.45, 7) is 2.87. The number of piperidine rings is 1.